The summed E-state index contributed by atoms with van der Waals surface area (Å²) in [7, 11) is 0. The number of nitrogens with zero attached hydrogens (tertiary/aromatic N) is 4. The third-order valence-electron chi connectivity index (χ3n) is 2.39. The zero-order valence-corrected chi connectivity index (χ0v) is 8.76. The predicted molar refractivity (Wildman–Crippen MR) is 57.2 cm³/mol. The van der Waals surface area contributed by atoms with Crippen molar-refractivity contribution >= 4 is 11.2 Å². The third kappa shape index (κ3) is 1.39. The molecule has 6 nitrogen and oxygen atoms in total. The van der Waals surface area contributed by atoms with E-state index in [1.807, 2.05) is 0 Å². The summed E-state index contributed by atoms with van der Waals surface area (Å²) in [4.78, 5) is 17.5. The van der Waals surface area contributed by atoms with Crippen LogP contribution in [-0.4, -0.2) is 25.0 Å². The molecule has 0 unspecified atom stereocenters. The maximum Gasteiger partial charge on any atom is 0.280 e. The number of H-pyrrole nitrogens is 1. The van der Waals surface area contributed by atoms with Gasteiger partial charge in [-0.1, -0.05) is 11.3 Å². The van der Waals surface area contributed by atoms with Crippen molar-refractivity contribution in [2.24, 2.45) is 0 Å². The average molecular weight is 249 g/mol. The molecule has 8 heteroatoms. The SMILES string of the molecule is O=c1[nH]cnc2c1nnn2-c1c(F)cccc1F. The number of halogens is 2. The molecule has 0 bridgehead atoms. The number of aromatic amines is 1. The molecular weight excluding hydrogens is 244 g/mol. The Morgan fingerprint density at radius 1 is 1.22 bits per heavy atom. The Labute approximate surface area is 97.9 Å². The Hall–Kier alpha value is -2.64. The molecule has 0 aliphatic carbocycles. The topological polar surface area (TPSA) is 76.5 Å². The summed E-state index contributed by atoms with van der Waals surface area (Å²) < 4.78 is 28.1. The number of nitrogens with one attached hydrogen (secondary N) is 1. The maximum absolute atomic E-state index is 13.6. The first kappa shape index (κ1) is 10.5. The van der Waals surface area contributed by atoms with Crippen molar-refractivity contribution < 1.29 is 8.78 Å². The Kier molecular flexibility index (Phi) is 2.15. The van der Waals surface area contributed by atoms with Crippen LogP contribution in [0.4, 0.5) is 8.78 Å². The highest BCUT2D eigenvalue weighted by molar-refractivity contribution is 5.70. The number of hydrogen-bond acceptors (Lipinski definition) is 4. The van der Waals surface area contributed by atoms with Crippen molar-refractivity contribution in [2.45, 2.75) is 0 Å². The molecule has 0 saturated heterocycles. The Morgan fingerprint density at radius 2 is 1.94 bits per heavy atom. The van der Waals surface area contributed by atoms with Gasteiger partial charge in [0, 0.05) is 0 Å². The lowest BCUT2D eigenvalue weighted by Gasteiger charge is -2.03. The van der Waals surface area contributed by atoms with Crippen LogP contribution in [0, 0.1) is 11.6 Å². The van der Waals surface area contributed by atoms with E-state index in [-0.39, 0.29) is 11.2 Å². The zero-order valence-electron chi connectivity index (χ0n) is 8.76. The molecule has 0 saturated carbocycles. The van der Waals surface area contributed by atoms with E-state index in [4.69, 9.17) is 0 Å². The molecule has 0 amide bonds. The van der Waals surface area contributed by atoms with Crippen molar-refractivity contribution in [3.63, 3.8) is 0 Å². The Bertz CT molecular complexity index is 774. The molecule has 3 rings (SSSR count). The highest BCUT2D eigenvalue weighted by Gasteiger charge is 2.17. The van der Waals surface area contributed by atoms with Crippen LogP contribution in [0.1, 0.15) is 0 Å². The monoisotopic (exact) mass is 249 g/mol. The van der Waals surface area contributed by atoms with Gasteiger partial charge in [-0.05, 0) is 12.1 Å². The third-order valence-corrected chi connectivity index (χ3v) is 2.39. The van der Waals surface area contributed by atoms with E-state index in [9.17, 15) is 13.6 Å². The highest BCUT2D eigenvalue weighted by atomic mass is 19.1. The lowest BCUT2D eigenvalue weighted by atomic mass is 10.3. The molecule has 0 spiro atoms. The van der Waals surface area contributed by atoms with Gasteiger partial charge in [-0.2, -0.15) is 4.68 Å². The molecule has 0 atom stereocenters. The van der Waals surface area contributed by atoms with Gasteiger partial charge in [0.05, 0.1) is 6.33 Å². The van der Waals surface area contributed by atoms with Crippen LogP contribution in [0.2, 0.25) is 0 Å². The maximum atomic E-state index is 13.6. The summed E-state index contributed by atoms with van der Waals surface area (Å²) in [5, 5.41) is 7.10. The van der Waals surface area contributed by atoms with E-state index in [1.165, 1.54) is 6.07 Å². The van der Waals surface area contributed by atoms with Crippen molar-refractivity contribution in [1.82, 2.24) is 25.0 Å². The van der Waals surface area contributed by atoms with Gasteiger partial charge in [-0.25, -0.2) is 13.8 Å². The quantitative estimate of drug-likeness (QED) is 0.691. The molecule has 90 valence electrons. The number of hydrogen-bond donors (Lipinski definition) is 1. The summed E-state index contributed by atoms with van der Waals surface area (Å²) in [6.07, 6.45) is 1.11. The van der Waals surface area contributed by atoms with Gasteiger partial charge in [0.1, 0.15) is 5.69 Å². The summed E-state index contributed by atoms with van der Waals surface area (Å²) >= 11 is 0. The minimum atomic E-state index is -0.816. The lowest BCUT2D eigenvalue weighted by molar-refractivity contribution is 0.558. The first-order chi connectivity index (χ1) is 8.68. The van der Waals surface area contributed by atoms with Gasteiger partial charge in [-0.15, -0.1) is 5.10 Å². The summed E-state index contributed by atoms with van der Waals surface area (Å²) in [5.74, 6) is -1.63. The second-order valence-corrected chi connectivity index (χ2v) is 3.48. The van der Waals surface area contributed by atoms with Gasteiger partial charge in [0.2, 0.25) is 0 Å². The molecule has 1 aromatic carbocycles. The van der Waals surface area contributed by atoms with Crippen molar-refractivity contribution in [2.75, 3.05) is 0 Å². The number of rotatable bonds is 1. The van der Waals surface area contributed by atoms with Gasteiger partial charge in [-0.3, -0.25) is 4.79 Å². The fourth-order valence-electron chi connectivity index (χ4n) is 1.60. The minimum absolute atomic E-state index is 0.0113. The number of fused-ring (bicyclic) bond motifs is 1. The Balaban J connectivity index is 2.40. The first-order valence-corrected chi connectivity index (χ1v) is 4.92. The molecule has 3 aromatic rings. The van der Waals surface area contributed by atoms with E-state index >= 15 is 0 Å². The van der Waals surface area contributed by atoms with Gasteiger partial charge in [0.15, 0.2) is 22.8 Å². The molecular formula is C10H5F2N5O. The normalized spacial score (nSPS) is 11.0. The Morgan fingerprint density at radius 3 is 2.67 bits per heavy atom. The van der Waals surface area contributed by atoms with Gasteiger partial charge < -0.3 is 4.98 Å². The smallest absolute Gasteiger partial charge is 0.280 e. The summed E-state index contributed by atoms with van der Waals surface area (Å²) in [6, 6.07) is 3.39. The fourth-order valence-corrected chi connectivity index (χ4v) is 1.60. The molecule has 2 aromatic heterocycles. The van der Waals surface area contributed by atoms with Crippen molar-refractivity contribution in [3.8, 4) is 5.69 Å². The molecule has 0 aliphatic heterocycles. The van der Waals surface area contributed by atoms with E-state index in [1.54, 1.807) is 0 Å². The van der Waals surface area contributed by atoms with E-state index in [0.29, 0.717) is 0 Å². The van der Waals surface area contributed by atoms with Crippen LogP contribution in [0.3, 0.4) is 0 Å². The van der Waals surface area contributed by atoms with Crippen LogP contribution < -0.4 is 5.56 Å². The van der Waals surface area contributed by atoms with Crippen LogP contribution in [0.15, 0.2) is 29.3 Å². The van der Waals surface area contributed by atoms with Crippen LogP contribution in [0.25, 0.3) is 16.9 Å². The highest BCUT2D eigenvalue weighted by Crippen LogP contribution is 2.18. The molecule has 0 aliphatic rings. The molecule has 0 fully saturated rings. The molecule has 18 heavy (non-hydrogen) atoms. The predicted octanol–water partition coefficient (Wildman–Crippen LogP) is 0.782. The molecule has 1 N–H and O–H groups in total. The second kappa shape index (κ2) is 3.69. The number of para-hydroxylation sites is 1. The number of benzene rings is 1. The van der Waals surface area contributed by atoms with Gasteiger partial charge >= 0.3 is 0 Å². The van der Waals surface area contributed by atoms with Gasteiger partial charge in [0.25, 0.3) is 5.56 Å². The largest absolute Gasteiger partial charge is 0.311 e. The molecule has 0 radical (unpaired) electrons. The minimum Gasteiger partial charge on any atom is -0.311 e. The van der Waals surface area contributed by atoms with Crippen LogP contribution in [-0.2, 0) is 0 Å². The summed E-state index contributed by atoms with van der Waals surface area (Å²) in [5.41, 5.74) is -1.04. The lowest BCUT2D eigenvalue weighted by Crippen LogP contribution is -2.08. The zero-order chi connectivity index (χ0) is 12.7. The average Bonchev–Trinajstić information content (AvgIpc) is 2.75. The fraction of sp³-hybridized carbons (Fsp3) is 0. The van der Waals surface area contributed by atoms with Crippen LogP contribution >= 0.6 is 0 Å². The molecule has 2 heterocycles. The van der Waals surface area contributed by atoms with E-state index < -0.39 is 22.9 Å². The number of aromatic nitrogens is 5. The van der Waals surface area contributed by atoms with Crippen molar-refractivity contribution in [1.29, 1.82) is 0 Å². The summed E-state index contributed by atoms with van der Waals surface area (Å²) in [6.45, 7) is 0. The second-order valence-electron chi connectivity index (χ2n) is 3.48. The van der Waals surface area contributed by atoms with E-state index in [0.717, 1.165) is 23.1 Å². The van der Waals surface area contributed by atoms with Crippen LogP contribution in [0.5, 0.6) is 0 Å². The first-order valence-electron chi connectivity index (χ1n) is 4.92. The standard InChI is InChI=1S/C10H5F2N5O/c11-5-2-1-3-6(12)8(5)17-9-7(15-16-17)10(18)14-4-13-9/h1-4H,(H,13,14,18). The van der Waals surface area contributed by atoms with E-state index in [2.05, 4.69) is 20.3 Å². The van der Waals surface area contributed by atoms with Crippen molar-refractivity contribution in [3.05, 3.63) is 46.5 Å².